The number of allylic oxidation sites excluding steroid dienone is 2. The predicted molar refractivity (Wildman–Crippen MR) is 224 cm³/mol. The molecular weight excluding hydrogens is 789 g/mol. The van der Waals surface area contributed by atoms with Crippen LogP contribution in [0.4, 0.5) is 5.69 Å². The van der Waals surface area contributed by atoms with Gasteiger partial charge in [0.1, 0.15) is 28.6 Å². The van der Waals surface area contributed by atoms with E-state index < -0.39 is 83.3 Å². The van der Waals surface area contributed by atoms with E-state index in [1.165, 1.54) is 27.2 Å². The van der Waals surface area contributed by atoms with Gasteiger partial charge in [0.2, 0.25) is 5.91 Å². The number of phenols is 2. The third kappa shape index (κ3) is 8.22. The lowest BCUT2D eigenvalue weighted by Crippen LogP contribution is -2.46. The monoisotopic (exact) mass is 848 g/mol. The van der Waals surface area contributed by atoms with Crippen molar-refractivity contribution in [2.45, 2.75) is 124 Å². The first-order valence-corrected chi connectivity index (χ1v) is 21.0. The van der Waals surface area contributed by atoms with Crippen LogP contribution in [0.1, 0.15) is 91.9 Å². The molecule has 0 saturated carbocycles. The van der Waals surface area contributed by atoms with Gasteiger partial charge in [0.25, 0.3) is 11.7 Å². The number of hydrogen-bond donors (Lipinski definition) is 6. The van der Waals surface area contributed by atoms with Crippen molar-refractivity contribution >= 4 is 34.2 Å². The molecule has 6 N–H and O–H groups in total. The van der Waals surface area contributed by atoms with E-state index in [0.29, 0.717) is 32.4 Å². The lowest BCUT2D eigenvalue weighted by molar-refractivity contribution is -0.181. The molecule has 4 heterocycles. The summed E-state index contributed by atoms with van der Waals surface area (Å²) in [7, 11) is 1.47. The Morgan fingerprint density at radius 3 is 2.23 bits per heavy atom. The van der Waals surface area contributed by atoms with Crippen LogP contribution in [0.15, 0.2) is 46.1 Å². The van der Waals surface area contributed by atoms with E-state index in [2.05, 4.69) is 5.32 Å². The fourth-order valence-corrected chi connectivity index (χ4v) is 9.08. The highest BCUT2D eigenvalue weighted by atomic mass is 16.7. The summed E-state index contributed by atoms with van der Waals surface area (Å²) in [6.45, 7) is 15.5. The number of carbonyl (C=O) groups is 3. The van der Waals surface area contributed by atoms with Crippen molar-refractivity contribution in [2.24, 2.45) is 33.7 Å². The van der Waals surface area contributed by atoms with Crippen molar-refractivity contribution in [1.29, 1.82) is 0 Å². The Morgan fingerprint density at radius 2 is 1.61 bits per heavy atom. The SMILES string of the molecule is CCC(=O)N1CCC2(CC1)N=c1c3c(O)c4c(O)c(C)c5c(c4c1=N2)C(O)C(C)(O/C=C/C(OC)C(C)C(OC(C)=O)C(C)C(O)C(C)C(O)C(C)/C=C/C=C(/C)C(=O)N3)O5. The molecule has 10 unspecified atom stereocenters. The number of nitrogens with zero attached hydrogens (tertiary/aromatic N) is 3. The van der Waals surface area contributed by atoms with Gasteiger partial charge in [0, 0.05) is 99.1 Å². The third-order valence-corrected chi connectivity index (χ3v) is 13.0. The summed E-state index contributed by atoms with van der Waals surface area (Å²) in [6.07, 6.45) is 3.44. The molecule has 2 aromatic rings. The topological polar surface area (TPSA) is 229 Å². The Bertz CT molecular complexity index is 2300. The number of esters is 1. The zero-order chi connectivity index (χ0) is 44.9. The average Bonchev–Trinajstić information content (AvgIpc) is 3.73. The molecule has 1 fully saturated rings. The number of phenolic OH excluding ortho intramolecular Hbond substituents is 2. The van der Waals surface area contributed by atoms with Crippen LogP contribution in [0.25, 0.3) is 10.8 Å². The summed E-state index contributed by atoms with van der Waals surface area (Å²) < 4.78 is 24.1. The molecule has 61 heavy (non-hydrogen) atoms. The molecule has 16 nitrogen and oxygen atoms in total. The van der Waals surface area contributed by atoms with E-state index in [1.807, 2.05) is 0 Å². The minimum atomic E-state index is -1.80. The first-order valence-electron chi connectivity index (χ1n) is 21.0. The molecule has 10 atom stereocenters. The number of hydrogen-bond acceptors (Lipinski definition) is 14. The lowest BCUT2D eigenvalue weighted by Gasteiger charge is -2.38. The number of aromatic hydroxyl groups is 2. The van der Waals surface area contributed by atoms with Crippen LogP contribution < -0.4 is 20.8 Å². The Kier molecular flexibility index (Phi) is 13.0. The minimum Gasteiger partial charge on any atom is -0.507 e. The Morgan fingerprint density at radius 1 is 0.951 bits per heavy atom. The van der Waals surface area contributed by atoms with E-state index in [-0.39, 0.29) is 61.3 Å². The minimum absolute atomic E-state index is 0.00156. The number of carbonyl (C=O) groups excluding carboxylic acids is 3. The van der Waals surface area contributed by atoms with Crippen molar-refractivity contribution < 1.29 is 58.9 Å². The highest BCUT2D eigenvalue weighted by molar-refractivity contribution is 6.08. The van der Waals surface area contributed by atoms with Gasteiger partial charge >= 0.3 is 5.97 Å². The maximum Gasteiger partial charge on any atom is 0.302 e. The third-order valence-electron chi connectivity index (χ3n) is 13.0. The number of methoxy groups -OCH3 is 1. The number of nitrogens with one attached hydrogen (secondary N) is 1. The van der Waals surface area contributed by atoms with Gasteiger partial charge in [-0.1, -0.05) is 52.8 Å². The molecule has 2 amide bonds. The van der Waals surface area contributed by atoms with Gasteiger partial charge in [-0.15, -0.1) is 0 Å². The van der Waals surface area contributed by atoms with Crippen LogP contribution in [0, 0.1) is 30.6 Å². The van der Waals surface area contributed by atoms with E-state index >= 15 is 0 Å². The van der Waals surface area contributed by atoms with Crippen LogP contribution in [-0.4, -0.2) is 104 Å². The number of benzene rings is 2. The van der Waals surface area contributed by atoms with Gasteiger partial charge in [-0.3, -0.25) is 24.4 Å². The highest BCUT2D eigenvalue weighted by Crippen LogP contribution is 2.54. The van der Waals surface area contributed by atoms with E-state index in [0.717, 1.165) is 0 Å². The number of aliphatic hydroxyl groups is 3. The van der Waals surface area contributed by atoms with Gasteiger partial charge in [0.05, 0.1) is 35.3 Å². The molecule has 16 heteroatoms. The average molecular weight is 849 g/mol. The Labute approximate surface area is 355 Å². The summed E-state index contributed by atoms with van der Waals surface area (Å²) in [5, 5.41) is 62.3. The van der Waals surface area contributed by atoms with E-state index in [9.17, 15) is 39.9 Å². The number of aliphatic hydroxyl groups excluding tert-OH is 3. The molecule has 6 rings (SSSR count). The van der Waals surface area contributed by atoms with Gasteiger partial charge in [-0.2, -0.15) is 0 Å². The molecule has 2 aromatic carbocycles. The molecule has 0 aliphatic carbocycles. The Hall–Kier alpha value is -5.03. The molecular formula is C45H60N4O12. The second-order valence-electron chi connectivity index (χ2n) is 17.2. The second-order valence-corrected chi connectivity index (χ2v) is 17.2. The van der Waals surface area contributed by atoms with Gasteiger partial charge in [-0.25, -0.2) is 0 Å². The number of rotatable bonds is 3. The second kappa shape index (κ2) is 17.4. The summed E-state index contributed by atoms with van der Waals surface area (Å²) >= 11 is 0. The standard InChI is InChI=1S/C45H60N4O12/c1-11-29(51)49-18-16-45(17-19-49)47-33-30-31-38(54)26(7)41-32(30)42(56)44(9,61-41)59-20-15-28(58-10)23(4)40(60-27(8)50)25(6)37(53)24(5)36(52)21(2)13-12-14-22(3)43(57)46-35(39(31)55)34(33)48-45/h12-15,20-21,23-25,28,36-37,40,42,52-56H,11,16-19H2,1-10H3,(H,46,57)/b13-12+,20-15+,22-14-. The molecule has 0 aromatic heterocycles. The molecule has 0 radical (unpaired) electrons. The quantitative estimate of drug-likeness (QED) is 0.191. The maximum absolute atomic E-state index is 13.9. The summed E-state index contributed by atoms with van der Waals surface area (Å²) in [6, 6.07) is 0. The van der Waals surface area contributed by atoms with Gasteiger partial charge in [-0.05, 0) is 19.9 Å². The first-order chi connectivity index (χ1) is 28.7. The Balaban J connectivity index is 1.54. The van der Waals surface area contributed by atoms with Crippen molar-refractivity contribution in [1.82, 2.24) is 4.90 Å². The van der Waals surface area contributed by atoms with Crippen LogP contribution in [-0.2, 0) is 28.6 Å². The largest absolute Gasteiger partial charge is 0.507 e. The van der Waals surface area contributed by atoms with Gasteiger partial charge in [0.15, 0.2) is 17.5 Å². The van der Waals surface area contributed by atoms with E-state index in [4.69, 9.17) is 28.9 Å². The smallest absolute Gasteiger partial charge is 0.302 e. The van der Waals surface area contributed by atoms with Crippen molar-refractivity contribution in [3.8, 4) is 17.2 Å². The normalized spacial score (nSPS) is 33.4. The molecule has 1 spiro atoms. The van der Waals surface area contributed by atoms with E-state index in [1.54, 1.807) is 77.7 Å². The lowest BCUT2D eigenvalue weighted by atomic mass is 9.78. The molecule has 4 aliphatic heterocycles. The van der Waals surface area contributed by atoms with Crippen LogP contribution in [0.5, 0.6) is 17.2 Å². The number of anilines is 1. The molecule has 4 bridgehead atoms. The fraction of sp³-hybridized carbons (Fsp3) is 0.578. The summed E-state index contributed by atoms with van der Waals surface area (Å²) in [5.41, 5.74) is -0.596. The zero-order valence-electron chi connectivity index (χ0n) is 36.6. The van der Waals surface area contributed by atoms with Crippen molar-refractivity contribution in [3.63, 3.8) is 0 Å². The van der Waals surface area contributed by atoms with Crippen LogP contribution in [0.2, 0.25) is 0 Å². The van der Waals surface area contributed by atoms with Gasteiger partial charge < -0.3 is 54.7 Å². The molecule has 1 saturated heterocycles. The first kappa shape index (κ1) is 45.5. The highest BCUT2D eigenvalue weighted by Gasteiger charge is 2.50. The number of likely N-dealkylation sites (tertiary alicyclic amines) is 1. The maximum atomic E-state index is 13.9. The number of fused-ring (bicyclic) bond motifs is 1. The van der Waals surface area contributed by atoms with Crippen molar-refractivity contribution in [2.75, 3.05) is 25.5 Å². The van der Waals surface area contributed by atoms with Crippen LogP contribution in [0.3, 0.4) is 0 Å². The summed E-state index contributed by atoms with van der Waals surface area (Å²) in [4.78, 5) is 50.8. The number of ether oxygens (including phenoxy) is 4. The number of piperidine rings is 1. The fourth-order valence-electron chi connectivity index (χ4n) is 9.08. The zero-order valence-corrected chi connectivity index (χ0v) is 36.6. The summed E-state index contributed by atoms with van der Waals surface area (Å²) in [5.74, 6) is -6.14. The predicted octanol–water partition coefficient (Wildman–Crippen LogP) is 3.88. The number of amides is 2. The van der Waals surface area contributed by atoms with Crippen LogP contribution >= 0.6 is 0 Å². The van der Waals surface area contributed by atoms with Crippen molar-refractivity contribution in [3.05, 3.63) is 58.0 Å². The molecule has 332 valence electrons. The molecule has 4 aliphatic rings.